The molecule has 0 aliphatic carbocycles. The molecule has 1 aliphatic rings. The summed E-state index contributed by atoms with van der Waals surface area (Å²) in [6.07, 6.45) is 4.38. The molecule has 1 saturated heterocycles. The molecule has 2 unspecified atom stereocenters. The predicted octanol–water partition coefficient (Wildman–Crippen LogP) is 3.03. The van der Waals surface area contributed by atoms with E-state index in [1.54, 1.807) is 0 Å². The molecule has 4 heteroatoms. The number of aliphatic hydroxyl groups is 1. The maximum atomic E-state index is 9.34. The summed E-state index contributed by atoms with van der Waals surface area (Å²) in [6, 6.07) is 0.614. The molecule has 108 valence electrons. The Bertz CT molecular complexity index is 411. The molecule has 1 aromatic rings. The Labute approximate surface area is 120 Å². The van der Waals surface area contributed by atoms with Gasteiger partial charge in [-0.1, -0.05) is 20.8 Å². The summed E-state index contributed by atoms with van der Waals surface area (Å²) in [4.78, 5) is 8.39. The van der Waals surface area contributed by atoms with Crippen molar-refractivity contribution in [3.63, 3.8) is 0 Å². The summed E-state index contributed by atoms with van der Waals surface area (Å²) >= 11 is 1.83. The van der Waals surface area contributed by atoms with Gasteiger partial charge in [-0.15, -0.1) is 11.3 Å². The Morgan fingerprint density at radius 1 is 1.42 bits per heavy atom. The van der Waals surface area contributed by atoms with Crippen LogP contribution >= 0.6 is 11.3 Å². The first-order valence-corrected chi connectivity index (χ1v) is 8.02. The molecule has 2 heterocycles. The van der Waals surface area contributed by atoms with Crippen molar-refractivity contribution in [3.05, 3.63) is 16.1 Å². The van der Waals surface area contributed by atoms with Gasteiger partial charge in [0, 0.05) is 42.2 Å². The van der Waals surface area contributed by atoms with Crippen LogP contribution in [0.15, 0.2) is 6.20 Å². The van der Waals surface area contributed by atoms with E-state index in [2.05, 4.69) is 37.6 Å². The number of aliphatic hydroxyl groups excluding tert-OH is 1. The Kier molecular flexibility index (Phi) is 4.64. The van der Waals surface area contributed by atoms with Crippen molar-refractivity contribution in [2.75, 3.05) is 13.2 Å². The zero-order valence-electron chi connectivity index (χ0n) is 12.5. The number of thiazole rings is 1. The van der Waals surface area contributed by atoms with E-state index < -0.39 is 0 Å². The molecule has 1 aromatic heterocycles. The zero-order valence-corrected chi connectivity index (χ0v) is 13.3. The van der Waals surface area contributed by atoms with Crippen molar-refractivity contribution in [2.45, 2.75) is 58.5 Å². The molecule has 0 aromatic carbocycles. The van der Waals surface area contributed by atoms with Crippen molar-refractivity contribution in [1.82, 2.24) is 9.88 Å². The first-order valence-electron chi connectivity index (χ1n) is 7.20. The molecule has 0 spiro atoms. The van der Waals surface area contributed by atoms with E-state index in [-0.39, 0.29) is 5.41 Å². The summed E-state index contributed by atoms with van der Waals surface area (Å²) in [5.41, 5.74) is 0.143. The van der Waals surface area contributed by atoms with Gasteiger partial charge in [0.2, 0.25) is 0 Å². The van der Waals surface area contributed by atoms with Crippen LogP contribution in [-0.4, -0.2) is 34.2 Å². The minimum absolute atomic E-state index is 0.143. The topological polar surface area (TPSA) is 36.4 Å². The molecule has 1 fully saturated rings. The van der Waals surface area contributed by atoms with Crippen LogP contribution in [0.5, 0.6) is 0 Å². The van der Waals surface area contributed by atoms with Crippen LogP contribution in [0.1, 0.15) is 50.4 Å². The van der Waals surface area contributed by atoms with Gasteiger partial charge < -0.3 is 5.11 Å². The number of nitrogens with zero attached hydrogens (tertiary/aromatic N) is 2. The van der Waals surface area contributed by atoms with Crippen molar-refractivity contribution in [2.24, 2.45) is 5.92 Å². The minimum atomic E-state index is 0.143. The van der Waals surface area contributed by atoms with Gasteiger partial charge in [-0.3, -0.25) is 4.90 Å². The first kappa shape index (κ1) is 14.9. The number of hydrogen-bond acceptors (Lipinski definition) is 4. The molecule has 0 saturated carbocycles. The molecule has 1 aliphatic heterocycles. The Morgan fingerprint density at radius 2 is 2.16 bits per heavy atom. The first-order chi connectivity index (χ1) is 8.90. The summed E-state index contributed by atoms with van der Waals surface area (Å²) in [7, 11) is 0. The number of rotatable bonds is 3. The third-order valence-corrected chi connectivity index (χ3v) is 5.33. The monoisotopic (exact) mass is 282 g/mol. The third kappa shape index (κ3) is 3.77. The quantitative estimate of drug-likeness (QED) is 0.926. The summed E-state index contributed by atoms with van der Waals surface area (Å²) in [6.45, 7) is 11.2. The van der Waals surface area contributed by atoms with Crippen LogP contribution in [-0.2, 0) is 12.0 Å². The van der Waals surface area contributed by atoms with Gasteiger partial charge in [-0.25, -0.2) is 4.98 Å². The lowest BCUT2D eigenvalue weighted by molar-refractivity contribution is 0.0779. The second-order valence-electron chi connectivity index (χ2n) is 6.79. The molecule has 0 bridgehead atoms. The van der Waals surface area contributed by atoms with Crippen LogP contribution < -0.4 is 0 Å². The number of aromatic nitrogens is 1. The van der Waals surface area contributed by atoms with Crippen molar-refractivity contribution >= 4 is 11.3 Å². The molecule has 3 nitrogen and oxygen atoms in total. The fourth-order valence-corrected chi connectivity index (χ4v) is 3.56. The average Bonchev–Trinajstić information content (AvgIpc) is 2.80. The SMILES string of the molecule is CC1CCC(CO)CN1Cc1cnc(C(C)(C)C)s1. The van der Waals surface area contributed by atoms with Gasteiger partial charge in [0.05, 0.1) is 5.01 Å². The minimum Gasteiger partial charge on any atom is -0.396 e. The van der Waals surface area contributed by atoms with Crippen LogP contribution in [0.3, 0.4) is 0 Å². The molecule has 2 rings (SSSR count). The smallest absolute Gasteiger partial charge is 0.0981 e. The van der Waals surface area contributed by atoms with Crippen LogP contribution in [0, 0.1) is 5.92 Å². The zero-order chi connectivity index (χ0) is 14.0. The predicted molar refractivity (Wildman–Crippen MR) is 80.5 cm³/mol. The normalized spacial score (nSPS) is 25.7. The highest BCUT2D eigenvalue weighted by Gasteiger charge is 2.26. The molecule has 0 amide bonds. The summed E-state index contributed by atoms with van der Waals surface area (Å²) in [5.74, 6) is 0.450. The molecular formula is C15H26N2OS. The number of likely N-dealkylation sites (tertiary alicyclic amines) is 1. The fourth-order valence-electron chi connectivity index (χ4n) is 2.56. The molecular weight excluding hydrogens is 256 g/mol. The second kappa shape index (κ2) is 5.90. The van der Waals surface area contributed by atoms with Crippen LogP contribution in [0.4, 0.5) is 0 Å². The van der Waals surface area contributed by atoms with Crippen LogP contribution in [0.25, 0.3) is 0 Å². The van der Waals surface area contributed by atoms with E-state index in [1.807, 2.05) is 17.5 Å². The lowest BCUT2D eigenvalue weighted by atomic mass is 9.94. The lowest BCUT2D eigenvalue weighted by Gasteiger charge is -2.37. The van der Waals surface area contributed by atoms with E-state index in [1.165, 1.54) is 16.3 Å². The van der Waals surface area contributed by atoms with Gasteiger partial charge in [0.15, 0.2) is 0 Å². The van der Waals surface area contributed by atoms with Gasteiger partial charge in [-0.2, -0.15) is 0 Å². The average molecular weight is 282 g/mol. The van der Waals surface area contributed by atoms with Gasteiger partial charge in [0.1, 0.15) is 0 Å². The van der Waals surface area contributed by atoms with Gasteiger partial charge in [-0.05, 0) is 25.7 Å². The standard InChI is InChI=1S/C15H26N2OS/c1-11-5-6-12(10-18)8-17(11)9-13-7-16-14(19-13)15(2,3)4/h7,11-12,18H,5-6,8-10H2,1-4H3. The van der Waals surface area contributed by atoms with E-state index in [0.29, 0.717) is 18.6 Å². The fraction of sp³-hybridized carbons (Fsp3) is 0.800. The maximum Gasteiger partial charge on any atom is 0.0981 e. The lowest BCUT2D eigenvalue weighted by Crippen LogP contribution is -2.42. The molecule has 19 heavy (non-hydrogen) atoms. The Morgan fingerprint density at radius 3 is 2.74 bits per heavy atom. The van der Waals surface area contributed by atoms with E-state index >= 15 is 0 Å². The Hall–Kier alpha value is -0.450. The molecule has 0 radical (unpaired) electrons. The third-order valence-electron chi connectivity index (χ3n) is 3.92. The highest BCUT2D eigenvalue weighted by atomic mass is 32.1. The summed E-state index contributed by atoms with van der Waals surface area (Å²) < 4.78 is 0. The number of piperidine rings is 1. The largest absolute Gasteiger partial charge is 0.396 e. The van der Waals surface area contributed by atoms with Crippen molar-refractivity contribution < 1.29 is 5.11 Å². The van der Waals surface area contributed by atoms with Crippen molar-refractivity contribution in [1.29, 1.82) is 0 Å². The van der Waals surface area contributed by atoms with E-state index in [9.17, 15) is 5.11 Å². The Balaban J connectivity index is 2.01. The van der Waals surface area contributed by atoms with Gasteiger partial charge >= 0.3 is 0 Å². The summed E-state index contributed by atoms with van der Waals surface area (Å²) in [5, 5.41) is 10.5. The molecule has 1 N–H and O–H groups in total. The van der Waals surface area contributed by atoms with Gasteiger partial charge in [0.25, 0.3) is 0 Å². The molecule has 2 atom stereocenters. The maximum absolute atomic E-state index is 9.34. The number of hydrogen-bond donors (Lipinski definition) is 1. The van der Waals surface area contributed by atoms with Crippen LogP contribution in [0.2, 0.25) is 0 Å². The van der Waals surface area contributed by atoms with Crippen molar-refractivity contribution in [3.8, 4) is 0 Å². The second-order valence-corrected chi connectivity index (χ2v) is 7.90. The van der Waals surface area contributed by atoms with E-state index in [4.69, 9.17) is 0 Å². The highest BCUT2D eigenvalue weighted by molar-refractivity contribution is 7.11. The van der Waals surface area contributed by atoms with E-state index in [0.717, 1.165) is 19.5 Å². The highest BCUT2D eigenvalue weighted by Crippen LogP contribution is 2.29.